The van der Waals surface area contributed by atoms with E-state index in [1.54, 1.807) is 0 Å². The number of hydrogen-bond donors (Lipinski definition) is 3. The number of carbonyl (C=O) groups excluding carboxylic acids is 3. The minimum absolute atomic E-state index is 0.0149. The van der Waals surface area contributed by atoms with Crippen molar-refractivity contribution >= 4 is 25.7 Å². The van der Waals surface area contributed by atoms with Crippen molar-refractivity contribution in [2.45, 2.75) is 161 Å². The van der Waals surface area contributed by atoms with Crippen molar-refractivity contribution < 1.29 is 42.7 Å². The minimum Gasteiger partial charge on any atom is -0.462 e. The van der Waals surface area contributed by atoms with Crippen molar-refractivity contribution in [3.63, 3.8) is 0 Å². The molecule has 0 aliphatic rings. The van der Waals surface area contributed by atoms with E-state index in [1.807, 2.05) is 0 Å². The molecule has 3 N–H and O–H groups in total. The molecular formula is C31H60NO9P. The predicted molar refractivity (Wildman–Crippen MR) is 165 cm³/mol. The van der Waals surface area contributed by atoms with Crippen LogP contribution in [-0.4, -0.2) is 53.5 Å². The summed E-state index contributed by atoms with van der Waals surface area (Å²) in [6.07, 6.45) is 21.5. The summed E-state index contributed by atoms with van der Waals surface area (Å²) >= 11 is 0. The number of nitrogens with one attached hydrogen (secondary N) is 1. The normalized spacial score (nSPS) is 12.2. The van der Waals surface area contributed by atoms with E-state index in [0.29, 0.717) is 12.8 Å². The number of carbonyl (C=O) groups is 3. The van der Waals surface area contributed by atoms with Crippen LogP contribution in [0.5, 0.6) is 0 Å². The second kappa shape index (κ2) is 28.3. The number of phosphoric acid groups is 1. The number of amides is 1. The number of hydrogen-bond acceptors (Lipinski definition) is 7. The van der Waals surface area contributed by atoms with Gasteiger partial charge in [-0.15, -0.1) is 0 Å². The van der Waals surface area contributed by atoms with Crippen molar-refractivity contribution in [3.05, 3.63) is 0 Å². The van der Waals surface area contributed by atoms with E-state index < -0.39 is 32.5 Å². The third kappa shape index (κ3) is 31.5. The van der Waals surface area contributed by atoms with Gasteiger partial charge in [0, 0.05) is 26.3 Å². The van der Waals surface area contributed by atoms with Gasteiger partial charge in [0.2, 0.25) is 5.91 Å². The highest BCUT2D eigenvalue weighted by Gasteiger charge is 2.22. The Bertz CT molecular complexity index is 729. The largest absolute Gasteiger partial charge is 0.469 e. The summed E-state index contributed by atoms with van der Waals surface area (Å²) in [7, 11) is -4.75. The van der Waals surface area contributed by atoms with Gasteiger partial charge in [-0.05, 0) is 19.3 Å². The summed E-state index contributed by atoms with van der Waals surface area (Å²) in [5.41, 5.74) is 0. The maximum Gasteiger partial charge on any atom is 0.469 e. The molecule has 0 rings (SSSR count). The smallest absolute Gasteiger partial charge is 0.462 e. The number of esters is 2. The summed E-state index contributed by atoms with van der Waals surface area (Å²) in [4.78, 5) is 53.2. The van der Waals surface area contributed by atoms with Crippen LogP contribution in [0.15, 0.2) is 0 Å². The molecule has 1 amide bonds. The van der Waals surface area contributed by atoms with Gasteiger partial charge in [-0.3, -0.25) is 18.9 Å². The van der Waals surface area contributed by atoms with E-state index in [-0.39, 0.29) is 25.4 Å². The van der Waals surface area contributed by atoms with Crippen LogP contribution in [0.3, 0.4) is 0 Å². The highest BCUT2D eigenvalue weighted by Crippen LogP contribution is 2.35. The Balaban J connectivity index is 3.98. The molecule has 0 saturated heterocycles. The van der Waals surface area contributed by atoms with Gasteiger partial charge in [-0.1, -0.05) is 116 Å². The summed E-state index contributed by atoms with van der Waals surface area (Å²) in [6, 6.07) is 0. The van der Waals surface area contributed by atoms with E-state index >= 15 is 0 Å². The van der Waals surface area contributed by atoms with E-state index in [2.05, 4.69) is 16.8 Å². The molecule has 0 aromatic heterocycles. The first-order chi connectivity index (χ1) is 20.1. The maximum absolute atomic E-state index is 12.3. The number of unbranched alkanes of at least 4 members (excludes halogenated alkanes) is 18. The molecule has 0 unspecified atom stereocenters. The monoisotopic (exact) mass is 621 g/mol. The predicted octanol–water partition coefficient (Wildman–Crippen LogP) is 7.29. The first kappa shape index (κ1) is 40.5. The molecule has 0 aliphatic carbocycles. The second-order valence-corrected chi connectivity index (χ2v) is 12.5. The van der Waals surface area contributed by atoms with Crippen LogP contribution >= 0.6 is 7.82 Å². The third-order valence-electron chi connectivity index (χ3n) is 7.07. The molecule has 1 atom stereocenters. The van der Waals surface area contributed by atoms with E-state index in [4.69, 9.17) is 19.3 Å². The van der Waals surface area contributed by atoms with Crippen molar-refractivity contribution in [1.29, 1.82) is 0 Å². The van der Waals surface area contributed by atoms with Crippen LogP contribution < -0.4 is 5.32 Å². The van der Waals surface area contributed by atoms with Crippen molar-refractivity contribution in [3.8, 4) is 0 Å². The lowest BCUT2D eigenvalue weighted by atomic mass is 10.1. The molecule has 0 aromatic carbocycles. The molecule has 0 heterocycles. The highest BCUT2D eigenvalue weighted by molar-refractivity contribution is 7.46. The fraction of sp³-hybridized carbons (Fsp3) is 0.903. The van der Waals surface area contributed by atoms with Crippen molar-refractivity contribution in [2.75, 3.05) is 19.8 Å². The molecule has 0 spiro atoms. The summed E-state index contributed by atoms with van der Waals surface area (Å²) in [5.74, 6) is -0.910. The van der Waals surface area contributed by atoms with Gasteiger partial charge < -0.3 is 24.6 Å². The van der Waals surface area contributed by atoms with Gasteiger partial charge in [0.1, 0.15) is 6.61 Å². The quantitative estimate of drug-likeness (QED) is 0.0427. The van der Waals surface area contributed by atoms with Gasteiger partial charge in [0.15, 0.2) is 6.10 Å². The lowest BCUT2D eigenvalue weighted by Gasteiger charge is -2.18. The second-order valence-electron chi connectivity index (χ2n) is 11.3. The molecule has 0 saturated carbocycles. The minimum atomic E-state index is -4.75. The average molecular weight is 622 g/mol. The number of rotatable bonds is 30. The lowest BCUT2D eigenvalue weighted by molar-refractivity contribution is -0.161. The Morgan fingerprint density at radius 3 is 1.52 bits per heavy atom. The zero-order chi connectivity index (χ0) is 31.3. The molecule has 11 heteroatoms. The summed E-state index contributed by atoms with van der Waals surface area (Å²) in [6.45, 7) is 3.64. The maximum atomic E-state index is 12.3. The molecule has 248 valence electrons. The van der Waals surface area contributed by atoms with Crippen LogP contribution in [0, 0.1) is 0 Å². The van der Waals surface area contributed by atoms with Crippen LogP contribution in [0.4, 0.5) is 0 Å². The first-order valence-electron chi connectivity index (χ1n) is 16.4. The molecule has 42 heavy (non-hydrogen) atoms. The number of phosphoric ester groups is 1. The Labute approximate surface area is 254 Å². The Kier molecular flexibility index (Phi) is 27.3. The molecule has 0 aromatic rings. The lowest BCUT2D eigenvalue weighted by Crippen LogP contribution is -2.29. The van der Waals surface area contributed by atoms with Gasteiger partial charge in [0.05, 0.1) is 6.61 Å². The average Bonchev–Trinajstić information content (AvgIpc) is 2.93. The van der Waals surface area contributed by atoms with Gasteiger partial charge >= 0.3 is 19.8 Å². The molecule has 0 radical (unpaired) electrons. The van der Waals surface area contributed by atoms with Crippen molar-refractivity contribution in [1.82, 2.24) is 5.32 Å². The fourth-order valence-corrected chi connectivity index (χ4v) is 4.99. The van der Waals surface area contributed by atoms with Gasteiger partial charge in [0.25, 0.3) is 0 Å². The first-order valence-corrected chi connectivity index (χ1v) is 18.0. The van der Waals surface area contributed by atoms with Crippen LogP contribution in [0.1, 0.15) is 155 Å². The van der Waals surface area contributed by atoms with E-state index in [0.717, 1.165) is 77.2 Å². The summed E-state index contributed by atoms with van der Waals surface area (Å²) < 4.78 is 26.1. The van der Waals surface area contributed by atoms with Crippen LogP contribution in [-0.2, 0) is 32.9 Å². The Morgan fingerprint density at radius 1 is 0.643 bits per heavy atom. The topological polar surface area (TPSA) is 148 Å². The number of ether oxygens (including phenoxy) is 2. The zero-order valence-electron chi connectivity index (χ0n) is 26.5. The highest BCUT2D eigenvalue weighted by atomic mass is 31.2. The van der Waals surface area contributed by atoms with Crippen LogP contribution in [0.25, 0.3) is 0 Å². The van der Waals surface area contributed by atoms with Gasteiger partial charge in [-0.25, -0.2) is 4.57 Å². The molecule has 0 fully saturated rings. The molecule has 0 bridgehead atoms. The van der Waals surface area contributed by atoms with E-state index in [1.165, 1.54) is 51.9 Å². The molecule has 10 nitrogen and oxygen atoms in total. The Hall–Kier alpha value is -1.48. The molecule has 0 aliphatic heterocycles. The summed E-state index contributed by atoms with van der Waals surface area (Å²) in [5, 5.41) is 2.80. The van der Waals surface area contributed by atoms with E-state index in [9.17, 15) is 18.9 Å². The third-order valence-corrected chi connectivity index (χ3v) is 7.56. The Morgan fingerprint density at radius 2 is 1.07 bits per heavy atom. The zero-order valence-corrected chi connectivity index (χ0v) is 27.3. The van der Waals surface area contributed by atoms with Gasteiger partial charge in [-0.2, -0.15) is 0 Å². The van der Waals surface area contributed by atoms with Crippen molar-refractivity contribution in [2.24, 2.45) is 0 Å². The SMILES string of the molecule is CCCCCCCCCCCCCC(=O)O[C@@H](COC(=O)CCCCCCCCCCCNC(C)=O)COP(=O)(O)O. The molecular weight excluding hydrogens is 561 g/mol. The fourth-order valence-electron chi connectivity index (χ4n) is 4.63. The standard InChI is InChI=1S/C31H60NO9P/c1-3-4-5-6-7-8-9-11-15-18-21-24-31(35)41-29(27-40-42(36,37)38)26-39-30(34)23-20-17-14-12-10-13-16-19-22-25-32-28(2)33/h29H,3-27H2,1-2H3,(H,32,33)(H2,36,37,38)/t29-/m0/s1. The van der Waals surface area contributed by atoms with Crippen LogP contribution in [0.2, 0.25) is 0 Å².